The Morgan fingerprint density at radius 2 is 2.04 bits per heavy atom. The van der Waals surface area contributed by atoms with Crippen molar-refractivity contribution < 1.29 is 9.53 Å². The van der Waals surface area contributed by atoms with Crippen molar-refractivity contribution in [3.63, 3.8) is 0 Å². The minimum absolute atomic E-state index is 0.0625. The predicted octanol–water partition coefficient (Wildman–Crippen LogP) is 3.22. The van der Waals surface area contributed by atoms with E-state index in [0.29, 0.717) is 6.61 Å². The number of anilines is 1. The Balaban J connectivity index is 1.89. The number of carbonyl (C=O) groups is 1. The Hall–Kier alpha value is -2.66. The van der Waals surface area contributed by atoms with Crippen LogP contribution in [0, 0.1) is 0 Å². The topological polar surface area (TPSA) is 56.1 Å². The molecule has 3 rings (SSSR count). The van der Waals surface area contributed by atoms with Crippen molar-refractivity contribution in [1.29, 1.82) is 0 Å². The van der Waals surface area contributed by atoms with E-state index in [9.17, 15) is 4.79 Å². The Morgan fingerprint density at radius 3 is 2.83 bits per heavy atom. The van der Waals surface area contributed by atoms with E-state index < -0.39 is 0 Å². The zero-order chi connectivity index (χ0) is 16.2. The lowest BCUT2D eigenvalue weighted by Crippen LogP contribution is -2.18. The number of hydrogen-bond acceptors (Lipinski definition) is 3. The van der Waals surface area contributed by atoms with E-state index in [4.69, 9.17) is 4.74 Å². The number of nitrogens with one attached hydrogen (secondary N) is 1. The third kappa shape index (κ3) is 3.24. The highest BCUT2D eigenvalue weighted by Crippen LogP contribution is 2.25. The molecule has 2 aromatic carbocycles. The maximum absolute atomic E-state index is 11.8. The molecule has 0 aliphatic rings. The highest BCUT2D eigenvalue weighted by atomic mass is 16.5. The van der Waals surface area contributed by atoms with Crippen molar-refractivity contribution in [2.75, 3.05) is 18.5 Å². The summed E-state index contributed by atoms with van der Waals surface area (Å²) < 4.78 is 7.16. The normalized spacial score (nSPS) is 10.9. The molecule has 1 N–H and O–H groups in total. The smallest absolute Gasteiger partial charge is 0.250 e. The van der Waals surface area contributed by atoms with E-state index in [1.54, 1.807) is 0 Å². The lowest BCUT2D eigenvalue weighted by Gasteiger charge is -2.08. The van der Waals surface area contributed by atoms with Crippen LogP contribution < -0.4 is 5.32 Å². The van der Waals surface area contributed by atoms with Gasteiger partial charge < -0.3 is 14.6 Å². The van der Waals surface area contributed by atoms with Crippen LogP contribution in [0.1, 0.15) is 6.92 Å². The number of nitrogens with zero attached hydrogens (tertiary/aromatic N) is 2. The number of carbonyl (C=O) groups excluding carboxylic acids is 1. The molecule has 0 aliphatic carbocycles. The van der Waals surface area contributed by atoms with E-state index in [1.807, 2.05) is 62.5 Å². The molecule has 23 heavy (non-hydrogen) atoms. The number of imidazole rings is 1. The summed E-state index contributed by atoms with van der Waals surface area (Å²) in [4.78, 5) is 16.4. The van der Waals surface area contributed by atoms with Crippen LogP contribution in [-0.2, 0) is 16.6 Å². The summed E-state index contributed by atoms with van der Waals surface area (Å²) in [5.74, 6) is 0.709. The summed E-state index contributed by atoms with van der Waals surface area (Å²) >= 11 is 0. The number of para-hydroxylation sites is 2. The quantitative estimate of drug-likeness (QED) is 0.787. The third-order valence-corrected chi connectivity index (χ3v) is 3.63. The summed E-state index contributed by atoms with van der Waals surface area (Å²) in [7, 11) is 1.99. The van der Waals surface area contributed by atoms with E-state index in [1.165, 1.54) is 0 Å². The monoisotopic (exact) mass is 309 g/mol. The Labute approximate surface area is 134 Å². The molecule has 0 fully saturated rings. The summed E-state index contributed by atoms with van der Waals surface area (Å²) in [5, 5.41) is 2.84. The van der Waals surface area contributed by atoms with Crippen LogP contribution in [0.3, 0.4) is 0 Å². The zero-order valence-corrected chi connectivity index (χ0v) is 13.2. The average Bonchev–Trinajstić information content (AvgIpc) is 2.91. The Kier molecular flexibility index (Phi) is 4.39. The number of fused-ring (bicyclic) bond motifs is 1. The molecule has 118 valence electrons. The zero-order valence-electron chi connectivity index (χ0n) is 13.2. The van der Waals surface area contributed by atoms with Gasteiger partial charge in [-0.1, -0.05) is 24.3 Å². The Bertz CT molecular complexity index is 839. The first-order valence-corrected chi connectivity index (χ1v) is 7.58. The van der Waals surface area contributed by atoms with E-state index in [0.717, 1.165) is 28.1 Å². The fourth-order valence-electron chi connectivity index (χ4n) is 2.53. The van der Waals surface area contributed by atoms with Gasteiger partial charge in [-0.05, 0) is 31.2 Å². The van der Waals surface area contributed by atoms with Crippen molar-refractivity contribution in [3.8, 4) is 11.4 Å². The highest BCUT2D eigenvalue weighted by Gasteiger charge is 2.10. The molecular weight excluding hydrogens is 290 g/mol. The van der Waals surface area contributed by atoms with E-state index in [2.05, 4.69) is 14.9 Å². The van der Waals surface area contributed by atoms with Gasteiger partial charge in [0.25, 0.3) is 0 Å². The summed E-state index contributed by atoms with van der Waals surface area (Å²) in [6.45, 7) is 2.44. The van der Waals surface area contributed by atoms with Crippen LogP contribution in [0.4, 0.5) is 5.69 Å². The van der Waals surface area contributed by atoms with E-state index in [-0.39, 0.29) is 12.5 Å². The van der Waals surface area contributed by atoms with Crippen LogP contribution in [0.15, 0.2) is 48.5 Å². The van der Waals surface area contributed by atoms with Gasteiger partial charge in [0.2, 0.25) is 5.91 Å². The van der Waals surface area contributed by atoms with Gasteiger partial charge in [-0.25, -0.2) is 4.98 Å². The summed E-state index contributed by atoms with van der Waals surface area (Å²) in [6, 6.07) is 15.7. The maximum atomic E-state index is 11.8. The number of ether oxygens (including phenoxy) is 1. The summed E-state index contributed by atoms with van der Waals surface area (Å²) in [6.07, 6.45) is 0. The molecule has 1 amide bonds. The van der Waals surface area contributed by atoms with Gasteiger partial charge >= 0.3 is 0 Å². The fraction of sp³-hybridized carbons (Fsp3) is 0.222. The molecule has 1 heterocycles. The predicted molar refractivity (Wildman–Crippen MR) is 91.3 cm³/mol. The molecule has 5 heteroatoms. The second-order valence-corrected chi connectivity index (χ2v) is 5.25. The second kappa shape index (κ2) is 6.62. The van der Waals surface area contributed by atoms with Crippen LogP contribution in [0.25, 0.3) is 22.4 Å². The molecule has 5 nitrogen and oxygen atoms in total. The van der Waals surface area contributed by atoms with Gasteiger partial charge in [0.15, 0.2) is 0 Å². The number of aromatic nitrogens is 2. The standard InChI is InChI=1S/C18H19N3O2/c1-3-23-12-17(22)19-14-8-6-7-13(11-14)18-20-15-9-4-5-10-16(15)21(18)2/h4-11H,3,12H2,1-2H3,(H,19,22). The first-order valence-electron chi connectivity index (χ1n) is 7.58. The molecular formula is C18H19N3O2. The highest BCUT2D eigenvalue weighted by molar-refractivity contribution is 5.92. The van der Waals surface area contributed by atoms with Gasteiger partial charge in [-0.2, -0.15) is 0 Å². The molecule has 0 spiro atoms. The number of aryl methyl sites for hydroxylation is 1. The van der Waals surface area contributed by atoms with Crippen molar-refractivity contribution in [3.05, 3.63) is 48.5 Å². The van der Waals surface area contributed by atoms with Crippen LogP contribution >= 0.6 is 0 Å². The van der Waals surface area contributed by atoms with Gasteiger partial charge in [0.05, 0.1) is 11.0 Å². The number of rotatable bonds is 5. The average molecular weight is 309 g/mol. The first-order chi connectivity index (χ1) is 11.2. The van der Waals surface area contributed by atoms with Gasteiger partial charge in [0.1, 0.15) is 12.4 Å². The molecule has 0 saturated carbocycles. The number of amides is 1. The molecule has 0 saturated heterocycles. The minimum atomic E-state index is -0.158. The van der Waals surface area contributed by atoms with Crippen LogP contribution in [0.5, 0.6) is 0 Å². The van der Waals surface area contributed by atoms with Gasteiger partial charge in [-0.3, -0.25) is 4.79 Å². The fourth-order valence-corrected chi connectivity index (χ4v) is 2.53. The van der Waals surface area contributed by atoms with Crippen molar-refractivity contribution in [2.45, 2.75) is 6.92 Å². The molecule has 0 unspecified atom stereocenters. The first kappa shape index (κ1) is 15.2. The molecule has 0 aliphatic heterocycles. The Morgan fingerprint density at radius 1 is 1.22 bits per heavy atom. The minimum Gasteiger partial charge on any atom is -0.372 e. The maximum Gasteiger partial charge on any atom is 0.250 e. The lowest BCUT2D eigenvalue weighted by atomic mass is 10.2. The van der Waals surface area contributed by atoms with Crippen molar-refractivity contribution in [1.82, 2.24) is 9.55 Å². The van der Waals surface area contributed by atoms with Crippen molar-refractivity contribution in [2.24, 2.45) is 7.05 Å². The SMILES string of the molecule is CCOCC(=O)Nc1cccc(-c2nc3ccccc3n2C)c1. The molecule has 0 radical (unpaired) electrons. The lowest BCUT2D eigenvalue weighted by molar-refractivity contribution is -0.120. The number of hydrogen-bond donors (Lipinski definition) is 1. The second-order valence-electron chi connectivity index (χ2n) is 5.25. The third-order valence-electron chi connectivity index (χ3n) is 3.63. The van der Waals surface area contributed by atoms with Crippen LogP contribution in [0.2, 0.25) is 0 Å². The van der Waals surface area contributed by atoms with E-state index >= 15 is 0 Å². The van der Waals surface area contributed by atoms with Gasteiger partial charge in [-0.15, -0.1) is 0 Å². The largest absolute Gasteiger partial charge is 0.372 e. The molecule has 0 atom stereocenters. The van der Waals surface area contributed by atoms with Gasteiger partial charge in [0, 0.05) is 24.9 Å². The van der Waals surface area contributed by atoms with Crippen LogP contribution in [-0.4, -0.2) is 28.7 Å². The summed E-state index contributed by atoms with van der Waals surface area (Å²) in [5.41, 5.74) is 3.72. The number of benzene rings is 2. The van der Waals surface area contributed by atoms with Crippen molar-refractivity contribution >= 4 is 22.6 Å². The molecule has 0 bridgehead atoms. The molecule has 1 aromatic heterocycles. The molecule has 3 aromatic rings.